The van der Waals surface area contributed by atoms with Crippen LogP contribution in [0.1, 0.15) is 0 Å². The number of carbonyl (C=O) groups excluding carboxylic acids is 2. The zero-order chi connectivity index (χ0) is 17.8. The zero-order valence-corrected chi connectivity index (χ0v) is 19.0. The maximum Gasteiger partial charge on any atom is 0.311 e. The molecule has 23 heavy (non-hydrogen) atoms. The second-order valence-electron chi connectivity index (χ2n) is 5.08. The Bertz CT molecular complexity index is 543. The molecule has 0 aromatic carbocycles. The number of carbonyl (C=O) groups is 2. The quantitative estimate of drug-likeness (QED) is 0.287. The van der Waals surface area contributed by atoms with Crippen LogP contribution < -0.4 is 0 Å². The Labute approximate surface area is 167 Å². The van der Waals surface area contributed by atoms with Crippen LogP contribution in [0.5, 0.6) is 0 Å². The summed E-state index contributed by atoms with van der Waals surface area (Å²) >= 11 is 14.2. The molecule has 10 heteroatoms. The van der Waals surface area contributed by atoms with E-state index in [4.69, 9.17) is 18.9 Å². The second-order valence-corrected chi connectivity index (χ2v) is 9.17. The van der Waals surface area contributed by atoms with Crippen molar-refractivity contribution in [3.05, 3.63) is 8.96 Å². The topological polar surface area (TPSA) is 71.1 Å². The first kappa shape index (κ1) is 19.8. The number of ether oxygens (including phenoxy) is 4. The third kappa shape index (κ3) is 2.02. The highest BCUT2D eigenvalue weighted by Crippen LogP contribution is 2.75. The smallest absolute Gasteiger partial charge is 0.311 e. The van der Waals surface area contributed by atoms with E-state index in [1.807, 2.05) is 0 Å². The fraction of sp³-hybridized carbons (Fsp3) is 0.692. The molecule has 0 heterocycles. The fourth-order valence-electron chi connectivity index (χ4n) is 3.54. The summed E-state index contributed by atoms with van der Waals surface area (Å²) in [5.74, 6) is -4.48. The van der Waals surface area contributed by atoms with Gasteiger partial charge >= 0.3 is 11.9 Å². The third-order valence-corrected chi connectivity index (χ3v) is 10.9. The molecule has 2 aliphatic carbocycles. The number of methoxy groups -OCH3 is 4. The van der Waals surface area contributed by atoms with Crippen molar-refractivity contribution in [1.82, 2.24) is 0 Å². The molecule has 4 atom stereocenters. The standard InChI is InChI=1S/C13H14Br4O6/c1-20-9(18)5-6(10(19)21-2)12(17)8(15)7(14)11(5,16)13(12,22-3)23-4/h5-6H,1-4H3/t5-,6+,11+,12-. The lowest BCUT2D eigenvalue weighted by Gasteiger charge is -2.41. The maximum absolute atomic E-state index is 12.5. The summed E-state index contributed by atoms with van der Waals surface area (Å²) in [6, 6.07) is 0. The first-order chi connectivity index (χ1) is 10.6. The maximum atomic E-state index is 12.5. The van der Waals surface area contributed by atoms with Crippen molar-refractivity contribution in [2.75, 3.05) is 28.4 Å². The number of rotatable bonds is 4. The van der Waals surface area contributed by atoms with Crippen molar-refractivity contribution in [1.29, 1.82) is 0 Å². The molecule has 0 aromatic rings. The lowest BCUT2D eigenvalue weighted by Crippen LogP contribution is -2.57. The minimum Gasteiger partial charge on any atom is -0.469 e. The number of fused-ring (bicyclic) bond motifs is 2. The summed E-state index contributed by atoms with van der Waals surface area (Å²) in [5, 5.41) is 0. The Morgan fingerprint density at radius 3 is 1.35 bits per heavy atom. The average molecular weight is 586 g/mol. The lowest BCUT2D eigenvalue weighted by molar-refractivity contribution is -0.216. The van der Waals surface area contributed by atoms with Gasteiger partial charge in [0.05, 0.1) is 26.1 Å². The van der Waals surface area contributed by atoms with Crippen molar-refractivity contribution >= 4 is 75.7 Å². The van der Waals surface area contributed by atoms with Gasteiger partial charge in [0.15, 0.2) is 0 Å². The van der Waals surface area contributed by atoms with Gasteiger partial charge in [0.1, 0.15) is 8.65 Å². The van der Waals surface area contributed by atoms with Crippen LogP contribution in [0.15, 0.2) is 8.96 Å². The SMILES string of the molecule is COC(=O)[C@@H]1[C@H](C(=O)OC)[C@]2(Br)C(Br)=C(Br)[C@@]1(Br)C2(OC)OC. The van der Waals surface area contributed by atoms with E-state index in [1.165, 1.54) is 28.4 Å². The molecule has 0 N–H and O–H groups in total. The molecule has 2 rings (SSSR count). The van der Waals surface area contributed by atoms with Gasteiger partial charge in [0.25, 0.3) is 0 Å². The van der Waals surface area contributed by atoms with Crippen molar-refractivity contribution in [3.63, 3.8) is 0 Å². The molecule has 0 amide bonds. The predicted octanol–water partition coefficient (Wildman–Crippen LogP) is 2.85. The summed E-state index contributed by atoms with van der Waals surface area (Å²) in [7, 11) is 5.40. The first-order valence-electron chi connectivity index (χ1n) is 6.35. The Balaban J connectivity index is 2.86. The van der Waals surface area contributed by atoms with Crippen molar-refractivity contribution < 1.29 is 28.5 Å². The van der Waals surface area contributed by atoms with Crippen LogP contribution in [0.25, 0.3) is 0 Å². The van der Waals surface area contributed by atoms with Gasteiger partial charge in [-0.3, -0.25) is 9.59 Å². The van der Waals surface area contributed by atoms with Gasteiger partial charge in [-0.15, -0.1) is 0 Å². The van der Waals surface area contributed by atoms with Crippen LogP contribution in [-0.2, 0) is 28.5 Å². The van der Waals surface area contributed by atoms with Crippen LogP contribution in [-0.4, -0.2) is 54.8 Å². The van der Waals surface area contributed by atoms with Crippen LogP contribution in [0.4, 0.5) is 0 Å². The Morgan fingerprint density at radius 2 is 1.13 bits per heavy atom. The molecule has 1 fully saturated rings. The van der Waals surface area contributed by atoms with E-state index in [9.17, 15) is 9.59 Å². The summed E-state index contributed by atoms with van der Waals surface area (Å²) in [4.78, 5) is 25.0. The summed E-state index contributed by atoms with van der Waals surface area (Å²) in [6.07, 6.45) is 0. The largest absolute Gasteiger partial charge is 0.469 e. The van der Waals surface area contributed by atoms with E-state index in [1.54, 1.807) is 0 Å². The van der Waals surface area contributed by atoms with Gasteiger partial charge in [0.2, 0.25) is 5.79 Å². The van der Waals surface area contributed by atoms with Crippen LogP contribution in [0, 0.1) is 11.8 Å². The molecule has 0 aliphatic heterocycles. The fourth-order valence-corrected chi connectivity index (χ4v) is 8.55. The normalized spacial score (nSPS) is 37.9. The zero-order valence-electron chi connectivity index (χ0n) is 12.6. The molecule has 2 bridgehead atoms. The van der Waals surface area contributed by atoms with E-state index in [0.717, 1.165) is 0 Å². The molecule has 6 nitrogen and oxygen atoms in total. The van der Waals surface area contributed by atoms with E-state index in [0.29, 0.717) is 8.96 Å². The lowest BCUT2D eigenvalue weighted by atomic mass is 9.82. The van der Waals surface area contributed by atoms with E-state index in [-0.39, 0.29) is 0 Å². The van der Waals surface area contributed by atoms with E-state index < -0.39 is 38.2 Å². The molecule has 130 valence electrons. The number of esters is 2. The highest BCUT2D eigenvalue weighted by atomic mass is 79.9. The van der Waals surface area contributed by atoms with Crippen molar-refractivity contribution in [2.45, 2.75) is 14.4 Å². The summed E-state index contributed by atoms with van der Waals surface area (Å²) in [6.45, 7) is 0. The van der Waals surface area contributed by atoms with Gasteiger partial charge in [-0.1, -0.05) is 63.7 Å². The van der Waals surface area contributed by atoms with Crippen LogP contribution >= 0.6 is 63.7 Å². The number of hydrogen-bond donors (Lipinski definition) is 0. The Hall–Kier alpha value is 0.520. The molecular formula is C13H14Br4O6. The van der Waals surface area contributed by atoms with E-state index >= 15 is 0 Å². The highest BCUT2D eigenvalue weighted by molar-refractivity contribution is 9.16. The number of hydrogen-bond acceptors (Lipinski definition) is 6. The molecule has 0 saturated heterocycles. The minimum atomic E-state index is -1.41. The molecule has 0 unspecified atom stereocenters. The van der Waals surface area contributed by atoms with Gasteiger partial charge in [-0.25, -0.2) is 0 Å². The number of halogens is 4. The van der Waals surface area contributed by atoms with Gasteiger partial charge in [-0.2, -0.15) is 0 Å². The molecule has 2 aliphatic rings. The molecule has 0 radical (unpaired) electrons. The molecule has 1 saturated carbocycles. The van der Waals surface area contributed by atoms with Gasteiger partial charge in [-0.05, 0) is 0 Å². The molecule has 0 spiro atoms. The highest BCUT2D eigenvalue weighted by Gasteiger charge is 2.86. The summed E-state index contributed by atoms with van der Waals surface area (Å²) in [5.41, 5.74) is 0. The van der Waals surface area contributed by atoms with Gasteiger partial charge < -0.3 is 18.9 Å². The van der Waals surface area contributed by atoms with Crippen molar-refractivity contribution in [2.24, 2.45) is 11.8 Å². The van der Waals surface area contributed by atoms with E-state index in [2.05, 4.69) is 63.7 Å². The predicted molar refractivity (Wildman–Crippen MR) is 96.0 cm³/mol. The van der Waals surface area contributed by atoms with Crippen LogP contribution in [0.3, 0.4) is 0 Å². The summed E-state index contributed by atoms with van der Waals surface area (Å²) < 4.78 is 20.0. The molecular weight excluding hydrogens is 572 g/mol. The van der Waals surface area contributed by atoms with Crippen molar-refractivity contribution in [3.8, 4) is 0 Å². The molecule has 0 aromatic heterocycles. The first-order valence-corrected chi connectivity index (χ1v) is 9.52. The minimum absolute atomic E-state index is 0.584. The number of alkyl halides is 2. The second kappa shape index (κ2) is 6.35. The third-order valence-electron chi connectivity index (χ3n) is 4.47. The van der Waals surface area contributed by atoms with Crippen LogP contribution in [0.2, 0.25) is 0 Å². The van der Waals surface area contributed by atoms with Gasteiger partial charge in [0, 0.05) is 23.2 Å². The Morgan fingerprint density at radius 1 is 0.826 bits per heavy atom. The average Bonchev–Trinajstić information content (AvgIpc) is 2.81. The Kier molecular flexibility index (Phi) is 5.48. The monoisotopic (exact) mass is 582 g/mol.